The average molecular weight is 412 g/mol. The molecule has 3 heterocycles. The van der Waals surface area contributed by atoms with E-state index in [1.54, 1.807) is 7.05 Å². The van der Waals surface area contributed by atoms with E-state index in [0.717, 1.165) is 37.1 Å². The molecule has 0 spiro atoms. The van der Waals surface area contributed by atoms with Gasteiger partial charge in [-0.15, -0.1) is 0 Å². The van der Waals surface area contributed by atoms with E-state index in [9.17, 15) is 9.59 Å². The lowest BCUT2D eigenvalue weighted by molar-refractivity contribution is 0.310. The van der Waals surface area contributed by atoms with Gasteiger partial charge >= 0.3 is 5.69 Å². The maximum atomic E-state index is 13.2. The smallest absolute Gasteiger partial charge is 0.332 e. The maximum Gasteiger partial charge on any atom is 0.332 e. The predicted molar refractivity (Wildman–Crippen MR) is 118 cm³/mol. The van der Waals surface area contributed by atoms with Gasteiger partial charge in [0.05, 0.1) is 12.3 Å². The van der Waals surface area contributed by atoms with Gasteiger partial charge in [0, 0.05) is 26.7 Å². The van der Waals surface area contributed by atoms with Crippen molar-refractivity contribution in [2.75, 3.05) is 18.1 Å². The van der Waals surface area contributed by atoms with Gasteiger partial charge in [-0.05, 0) is 25.0 Å². The zero-order chi connectivity index (χ0) is 21.3. The van der Waals surface area contributed by atoms with E-state index in [1.165, 1.54) is 9.13 Å². The number of benzene rings is 1. The molecule has 0 amide bonds. The van der Waals surface area contributed by atoms with Crippen molar-refractivity contribution in [3.05, 3.63) is 45.1 Å². The molecule has 0 aliphatic carbocycles. The summed E-state index contributed by atoms with van der Waals surface area (Å²) in [4.78, 5) is 32.7. The summed E-state index contributed by atoms with van der Waals surface area (Å²) in [5, 5.41) is 0. The zero-order valence-corrected chi connectivity index (χ0v) is 17.9. The molecular weight excluding hydrogens is 382 g/mol. The van der Waals surface area contributed by atoms with Gasteiger partial charge in [0.1, 0.15) is 5.75 Å². The summed E-state index contributed by atoms with van der Waals surface area (Å²) in [6, 6.07) is 7.90. The van der Waals surface area contributed by atoms with Gasteiger partial charge < -0.3 is 14.2 Å². The van der Waals surface area contributed by atoms with E-state index in [-0.39, 0.29) is 11.2 Å². The number of para-hydroxylation sites is 2. The normalized spacial score (nSPS) is 13.2. The van der Waals surface area contributed by atoms with Crippen LogP contribution in [0.5, 0.6) is 5.75 Å². The predicted octanol–water partition coefficient (Wildman–Crippen LogP) is 3.03. The molecule has 3 aromatic rings. The molecule has 160 valence electrons. The Morgan fingerprint density at radius 3 is 2.60 bits per heavy atom. The van der Waals surface area contributed by atoms with Crippen LogP contribution in [0.4, 0.5) is 11.6 Å². The number of fused-ring (bicyclic) bond motifs is 3. The number of nitrogens with zero attached hydrogens (tertiary/aromatic N) is 5. The first-order valence-electron chi connectivity index (χ1n) is 10.8. The Labute approximate surface area is 175 Å². The summed E-state index contributed by atoms with van der Waals surface area (Å²) in [6.45, 7) is 6.60. The number of unbranched alkanes of at least 4 members (excludes halogenated alkanes) is 2. The summed E-state index contributed by atoms with van der Waals surface area (Å²) in [6.07, 6.45) is 3.77. The molecule has 0 N–H and O–H groups in total. The van der Waals surface area contributed by atoms with Gasteiger partial charge in [0.15, 0.2) is 11.2 Å². The second kappa shape index (κ2) is 8.38. The topological polar surface area (TPSA) is 74.3 Å². The van der Waals surface area contributed by atoms with Crippen LogP contribution in [0.15, 0.2) is 33.9 Å². The van der Waals surface area contributed by atoms with Crippen molar-refractivity contribution in [1.29, 1.82) is 0 Å². The molecule has 0 fully saturated rings. The second-order valence-corrected chi connectivity index (χ2v) is 7.71. The average Bonchev–Trinajstić information content (AvgIpc) is 3.32. The van der Waals surface area contributed by atoms with Crippen molar-refractivity contribution in [3.8, 4) is 5.75 Å². The van der Waals surface area contributed by atoms with E-state index >= 15 is 0 Å². The van der Waals surface area contributed by atoms with Gasteiger partial charge in [0.2, 0.25) is 5.95 Å². The fraction of sp³-hybridized carbons (Fsp3) is 0.500. The molecule has 1 aliphatic rings. The van der Waals surface area contributed by atoms with Crippen molar-refractivity contribution >= 4 is 22.8 Å². The maximum absolute atomic E-state index is 13.2. The Morgan fingerprint density at radius 2 is 1.83 bits per heavy atom. The Hall–Kier alpha value is -3.03. The highest BCUT2D eigenvalue weighted by Gasteiger charge is 2.30. The van der Waals surface area contributed by atoms with Gasteiger partial charge in [-0.1, -0.05) is 38.8 Å². The molecule has 0 radical (unpaired) electrons. The lowest BCUT2D eigenvalue weighted by Crippen LogP contribution is -2.39. The van der Waals surface area contributed by atoms with E-state index in [1.807, 2.05) is 35.8 Å². The molecule has 2 aromatic heterocycles. The first-order valence-corrected chi connectivity index (χ1v) is 10.8. The summed E-state index contributed by atoms with van der Waals surface area (Å²) >= 11 is 0. The van der Waals surface area contributed by atoms with E-state index in [2.05, 4.69) is 11.8 Å². The largest absolute Gasteiger partial charge is 0.491 e. The van der Waals surface area contributed by atoms with Crippen LogP contribution in [-0.2, 0) is 20.1 Å². The number of aromatic nitrogens is 4. The molecule has 0 atom stereocenters. The van der Waals surface area contributed by atoms with Gasteiger partial charge in [-0.2, -0.15) is 4.98 Å². The minimum absolute atomic E-state index is 0.255. The first kappa shape index (κ1) is 20.3. The fourth-order valence-corrected chi connectivity index (χ4v) is 3.95. The summed E-state index contributed by atoms with van der Waals surface area (Å²) in [5.74, 6) is 1.48. The highest BCUT2D eigenvalue weighted by molar-refractivity contribution is 5.79. The van der Waals surface area contributed by atoms with Gasteiger partial charge in [-0.3, -0.25) is 13.9 Å². The van der Waals surface area contributed by atoms with Crippen molar-refractivity contribution in [1.82, 2.24) is 18.7 Å². The number of aryl methyl sites for hydroxylation is 1. The molecule has 4 rings (SSSR count). The number of anilines is 2. The van der Waals surface area contributed by atoms with Gasteiger partial charge in [0.25, 0.3) is 5.56 Å². The molecule has 0 saturated carbocycles. The van der Waals surface area contributed by atoms with Crippen LogP contribution in [0, 0.1) is 0 Å². The van der Waals surface area contributed by atoms with Crippen molar-refractivity contribution in [2.45, 2.75) is 52.6 Å². The van der Waals surface area contributed by atoms with Crippen LogP contribution in [0.25, 0.3) is 11.2 Å². The second-order valence-electron chi connectivity index (χ2n) is 7.71. The van der Waals surface area contributed by atoms with Crippen LogP contribution in [0.2, 0.25) is 0 Å². The van der Waals surface area contributed by atoms with Crippen molar-refractivity contribution in [3.63, 3.8) is 0 Å². The Morgan fingerprint density at radius 1 is 1.07 bits per heavy atom. The number of hydrogen-bond acceptors (Lipinski definition) is 5. The minimum Gasteiger partial charge on any atom is -0.491 e. The Balaban J connectivity index is 1.81. The molecular formula is C22H29N5O3. The highest BCUT2D eigenvalue weighted by atomic mass is 16.5. The Kier molecular flexibility index (Phi) is 5.65. The molecule has 0 saturated heterocycles. The minimum atomic E-state index is -0.312. The number of hydrogen-bond donors (Lipinski definition) is 0. The molecule has 0 unspecified atom stereocenters. The number of imidazole rings is 1. The van der Waals surface area contributed by atoms with E-state index in [0.29, 0.717) is 43.4 Å². The lowest BCUT2D eigenvalue weighted by atomic mass is 10.2. The Bertz CT molecular complexity index is 1170. The lowest BCUT2D eigenvalue weighted by Gasteiger charge is -2.20. The summed E-state index contributed by atoms with van der Waals surface area (Å²) in [7, 11) is 1.68. The van der Waals surface area contributed by atoms with Crippen LogP contribution in [0.1, 0.15) is 39.5 Å². The summed E-state index contributed by atoms with van der Waals surface area (Å²) < 4.78 is 10.8. The SMILES string of the molecule is CCCCOc1ccccc1N1CCn2c1nc1c2c(=O)n(CCCC)c(=O)n1C. The standard InChI is InChI=1S/C22H29N5O3/c1-4-6-12-27-20(28)18-19(24(3)22(27)29)23-21-25(13-14-26(18)21)16-10-8-9-11-17(16)30-15-7-5-2/h8-11H,4-7,12-15H2,1-3H3. The van der Waals surface area contributed by atoms with Crippen LogP contribution < -0.4 is 20.9 Å². The molecule has 8 nitrogen and oxygen atoms in total. The molecule has 0 bridgehead atoms. The third-order valence-electron chi connectivity index (χ3n) is 5.65. The van der Waals surface area contributed by atoms with Gasteiger partial charge in [-0.25, -0.2) is 4.79 Å². The quantitative estimate of drug-likeness (QED) is 0.533. The molecule has 8 heteroatoms. The van der Waals surface area contributed by atoms with Crippen LogP contribution in [0.3, 0.4) is 0 Å². The monoisotopic (exact) mass is 411 g/mol. The van der Waals surface area contributed by atoms with Crippen LogP contribution in [-0.4, -0.2) is 31.8 Å². The first-order chi connectivity index (χ1) is 14.6. The molecule has 30 heavy (non-hydrogen) atoms. The molecule has 1 aromatic carbocycles. The van der Waals surface area contributed by atoms with Crippen LogP contribution >= 0.6 is 0 Å². The third kappa shape index (κ3) is 3.30. The van der Waals surface area contributed by atoms with E-state index < -0.39 is 0 Å². The molecule has 1 aliphatic heterocycles. The van der Waals surface area contributed by atoms with E-state index in [4.69, 9.17) is 9.72 Å². The number of ether oxygens (including phenoxy) is 1. The number of rotatable bonds is 8. The van der Waals surface area contributed by atoms with Crippen molar-refractivity contribution < 1.29 is 4.74 Å². The summed E-state index contributed by atoms with van der Waals surface area (Å²) in [5.41, 5.74) is 1.29. The van der Waals surface area contributed by atoms with Crippen molar-refractivity contribution in [2.24, 2.45) is 7.05 Å². The fourth-order valence-electron chi connectivity index (χ4n) is 3.95. The zero-order valence-electron chi connectivity index (χ0n) is 17.9. The third-order valence-corrected chi connectivity index (χ3v) is 5.65. The highest BCUT2D eigenvalue weighted by Crippen LogP contribution is 2.37.